The fourth-order valence-electron chi connectivity index (χ4n) is 4.05. The first kappa shape index (κ1) is 22.6. The van der Waals surface area contributed by atoms with Crippen molar-refractivity contribution in [2.75, 3.05) is 7.05 Å². The van der Waals surface area contributed by atoms with Crippen LogP contribution in [0.2, 0.25) is 0 Å². The third-order valence-electron chi connectivity index (χ3n) is 6.02. The van der Waals surface area contributed by atoms with Gasteiger partial charge in [0.1, 0.15) is 12.3 Å². The van der Waals surface area contributed by atoms with E-state index in [9.17, 15) is 9.59 Å². The minimum atomic E-state index is -0.712. The Bertz CT molecular complexity index is 1380. The number of thiophene rings is 1. The fourth-order valence-corrected chi connectivity index (χ4v) is 4.78. The third kappa shape index (κ3) is 4.48. The fraction of sp³-hybridized carbons (Fsp3) is 0.148. The standard InChI is InChI=1S/C27H24N4O3S/c1-18-23(26(32)34-17-19-10-5-3-6-11-19)25(28-27(33)30(18)2)21-16-31(20-12-7-4-8-13-20)29-24(21)22-14-9-15-35-22/h3-16,25H,17H2,1-2H3,(H,28,33)/t25-/m0/s1. The van der Waals surface area contributed by atoms with Gasteiger partial charge in [0.25, 0.3) is 0 Å². The molecule has 35 heavy (non-hydrogen) atoms. The van der Waals surface area contributed by atoms with Gasteiger partial charge in [-0.3, -0.25) is 0 Å². The molecule has 1 aliphatic rings. The van der Waals surface area contributed by atoms with Crippen molar-refractivity contribution in [2.24, 2.45) is 0 Å². The first-order valence-corrected chi connectivity index (χ1v) is 12.1. The molecular weight excluding hydrogens is 460 g/mol. The molecule has 1 aliphatic heterocycles. The molecule has 5 rings (SSSR count). The maximum Gasteiger partial charge on any atom is 0.338 e. The smallest absolute Gasteiger partial charge is 0.338 e. The van der Waals surface area contributed by atoms with Crippen LogP contribution >= 0.6 is 11.3 Å². The average Bonchev–Trinajstić information content (AvgIpc) is 3.57. The zero-order valence-corrected chi connectivity index (χ0v) is 20.2. The number of esters is 1. The van der Waals surface area contributed by atoms with Crippen LogP contribution in [0.3, 0.4) is 0 Å². The van der Waals surface area contributed by atoms with Crippen molar-refractivity contribution in [3.63, 3.8) is 0 Å². The van der Waals surface area contributed by atoms with Crippen molar-refractivity contribution in [1.29, 1.82) is 0 Å². The maximum absolute atomic E-state index is 13.4. The summed E-state index contributed by atoms with van der Waals surface area (Å²) in [5.41, 5.74) is 4.13. The van der Waals surface area contributed by atoms with Gasteiger partial charge in [-0.05, 0) is 36.1 Å². The van der Waals surface area contributed by atoms with E-state index in [2.05, 4.69) is 5.32 Å². The molecule has 0 fully saturated rings. The summed E-state index contributed by atoms with van der Waals surface area (Å²) in [6.45, 7) is 1.90. The second kappa shape index (κ2) is 9.60. The highest BCUT2D eigenvalue weighted by molar-refractivity contribution is 7.13. The summed E-state index contributed by atoms with van der Waals surface area (Å²) in [6.07, 6.45) is 1.87. The summed E-state index contributed by atoms with van der Waals surface area (Å²) < 4.78 is 7.47. The first-order chi connectivity index (χ1) is 17.0. The van der Waals surface area contributed by atoms with E-state index in [1.807, 2.05) is 84.4 Å². The van der Waals surface area contributed by atoms with Crippen LogP contribution in [0.5, 0.6) is 0 Å². The maximum atomic E-state index is 13.4. The van der Waals surface area contributed by atoms with Crippen molar-refractivity contribution < 1.29 is 14.3 Å². The third-order valence-corrected chi connectivity index (χ3v) is 6.89. The van der Waals surface area contributed by atoms with Gasteiger partial charge in [0.2, 0.25) is 0 Å². The number of hydrogen-bond acceptors (Lipinski definition) is 5. The molecule has 2 aromatic heterocycles. The van der Waals surface area contributed by atoms with Crippen LogP contribution in [0.4, 0.5) is 4.79 Å². The summed E-state index contributed by atoms with van der Waals surface area (Å²) in [5, 5.41) is 9.81. The van der Waals surface area contributed by atoms with Crippen LogP contribution in [-0.2, 0) is 16.1 Å². The summed E-state index contributed by atoms with van der Waals surface area (Å²) in [5.74, 6) is -0.479. The van der Waals surface area contributed by atoms with Gasteiger partial charge in [-0.15, -0.1) is 11.3 Å². The second-order valence-electron chi connectivity index (χ2n) is 8.19. The Balaban J connectivity index is 1.57. The number of nitrogens with one attached hydrogen (secondary N) is 1. The van der Waals surface area contributed by atoms with Crippen LogP contribution in [0, 0.1) is 0 Å². The lowest BCUT2D eigenvalue weighted by molar-refractivity contribution is -0.141. The molecule has 176 valence electrons. The van der Waals surface area contributed by atoms with E-state index in [1.165, 1.54) is 4.90 Å². The van der Waals surface area contributed by atoms with Crippen molar-refractivity contribution in [3.8, 4) is 16.3 Å². The summed E-state index contributed by atoms with van der Waals surface area (Å²) in [4.78, 5) is 28.6. The molecule has 4 aromatic rings. The average molecular weight is 485 g/mol. The minimum Gasteiger partial charge on any atom is -0.457 e. The molecule has 0 saturated carbocycles. The van der Waals surface area contributed by atoms with Crippen LogP contribution < -0.4 is 5.32 Å². The minimum absolute atomic E-state index is 0.141. The number of urea groups is 1. The Morgan fingerprint density at radius 3 is 2.46 bits per heavy atom. The molecule has 1 N–H and O–H groups in total. The van der Waals surface area contributed by atoms with Crippen LogP contribution in [-0.4, -0.2) is 33.7 Å². The monoisotopic (exact) mass is 484 g/mol. The van der Waals surface area contributed by atoms with Gasteiger partial charge in [0.15, 0.2) is 0 Å². The van der Waals surface area contributed by atoms with Gasteiger partial charge < -0.3 is 15.0 Å². The number of amides is 2. The largest absolute Gasteiger partial charge is 0.457 e. The van der Waals surface area contributed by atoms with Gasteiger partial charge in [-0.25, -0.2) is 14.3 Å². The number of allylic oxidation sites excluding steroid dienone is 1. The molecule has 0 aliphatic carbocycles. The van der Waals surface area contributed by atoms with E-state index < -0.39 is 12.0 Å². The zero-order chi connectivity index (χ0) is 24.4. The molecule has 2 aromatic carbocycles. The molecule has 0 radical (unpaired) electrons. The number of para-hydroxylation sites is 1. The highest BCUT2D eigenvalue weighted by Gasteiger charge is 2.37. The van der Waals surface area contributed by atoms with E-state index in [1.54, 1.807) is 30.0 Å². The molecule has 0 bridgehead atoms. The van der Waals surface area contributed by atoms with Crippen molar-refractivity contribution >= 4 is 23.3 Å². The lowest BCUT2D eigenvalue weighted by Crippen LogP contribution is -2.46. The van der Waals surface area contributed by atoms with E-state index in [4.69, 9.17) is 9.84 Å². The van der Waals surface area contributed by atoms with Gasteiger partial charge in [-0.2, -0.15) is 5.10 Å². The molecular formula is C27H24N4O3S. The second-order valence-corrected chi connectivity index (χ2v) is 9.14. The molecule has 7 nitrogen and oxygen atoms in total. The Morgan fingerprint density at radius 1 is 1.06 bits per heavy atom. The van der Waals surface area contributed by atoms with E-state index in [0.29, 0.717) is 17.0 Å². The molecule has 0 saturated heterocycles. The number of rotatable bonds is 6. The number of carbonyl (C=O) groups is 2. The first-order valence-electron chi connectivity index (χ1n) is 11.2. The molecule has 0 spiro atoms. The van der Waals surface area contributed by atoms with Gasteiger partial charge >= 0.3 is 12.0 Å². The van der Waals surface area contributed by atoms with Crippen LogP contribution in [0.15, 0.2) is 95.6 Å². The SMILES string of the molecule is CC1=C(C(=O)OCc2ccccc2)[C@H](c2cn(-c3ccccc3)nc2-c2cccs2)NC(=O)N1C. The lowest BCUT2D eigenvalue weighted by atomic mass is 9.95. The van der Waals surface area contributed by atoms with Crippen molar-refractivity contribution in [2.45, 2.75) is 19.6 Å². The quantitative estimate of drug-likeness (QED) is 0.376. The number of benzene rings is 2. The van der Waals surface area contributed by atoms with Crippen molar-refractivity contribution in [1.82, 2.24) is 20.0 Å². The highest BCUT2D eigenvalue weighted by atomic mass is 32.1. The normalized spacial score (nSPS) is 15.8. The zero-order valence-electron chi connectivity index (χ0n) is 19.3. The number of ether oxygens (including phenoxy) is 1. The molecule has 8 heteroatoms. The van der Waals surface area contributed by atoms with Crippen molar-refractivity contribution in [3.05, 3.63) is 107 Å². The number of nitrogens with zero attached hydrogens (tertiary/aromatic N) is 3. The Morgan fingerprint density at radius 2 is 1.77 bits per heavy atom. The summed E-state index contributed by atoms with van der Waals surface area (Å²) in [7, 11) is 1.64. The molecule has 1 atom stereocenters. The molecule has 3 heterocycles. The summed E-state index contributed by atoms with van der Waals surface area (Å²) >= 11 is 1.55. The Labute approximate surface area is 207 Å². The molecule has 0 unspecified atom stereocenters. The van der Waals surface area contributed by atoms with E-state index >= 15 is 0 Å². The predicted molar refractivity (Wildman–Crippen MR) is 135 cm³/mol. The number of carbonyl (C=O) groups excluding carboxylic acids is 2. The topological polar surface area (TPSA) is 76.5 Å². The van der Waals surface area contributed by atoms with Crippen LogP contribution in [0.1, 0.15) is 24.1 Å². The number of aromatic nitrogens is 2. The van der Waals surface area contributed by atoms with Gasteiger partial charge in [0, 0.05) is 24.5 Å². The molecule has 2 amide bonds. The van der Waals surface area contributed by atoms with Gasteiger partial charge in [-0.1, -0.05) is 54.6 Å². The number of hydrogen-bond donors (Lipinski definition) is 1. The van der Waals surface area contributed by atoms with E-state index in [0.717, 1.165) is 21.7 Å². The highest BCUT2D eigenvalue weighted by Crippen LogP contribution is 2.37. The predicted octanol–water partition coefficient (Wildman–Crippen LogP) is 5.31. The summed E-state index contributed by atoms with van der Waals surface area (Å²) in [6, 6.07) is 22.2. The Kier molecular flexibility index (Phi) is 6.20. The van der Waals surface area contributed by atoms with Crippen LogP contribution in [0.25, 0.3) is 16.3 Å². The lowest BCUT2D eigenvalue weighted by Gasteiger charge is -2.33. The van der Waals surface area contributed by atoms with Gasteiger partial charge in [0.05, 0.1) is 22.2 Å². The van der Waals surface area contributed by atoms with E-state index in [-0.39, 0.29) is 12.6 Å². The Hall–Kier alpha value is -4.17.